The summed E-state index contributed by atoms with van der Waals surface area (Å²) in [6, 6.07) is 14.6. The molecule has 33 heavy (non-hydrogen) atoms. The Balaban J connectivity index is 1.81. The first-order valence-corrected chi connectivity index (χ1v) is 10.6. The lowest BCUT2D eigenvalue weighted by atomic mass is 10.1. The Labute approximate surface area is 191 Å². The van der Waals surface area contributed by atoms with Gasteiger partial charge in [0.25, 0.3) is 5.69 Å². The Morgan fingerprint density at radius 3 is 2.36 bits per heavy atom. The predicted octanol–water partition coefficient (Wildman–Crippen LogP) is 5.36. The van der Waals surface area contributed by atoms with Crippen LogP contribution in [0.4, 0.5) is 17.3 Å². The molecule has 0 unspecified atom stereocenters. The van der Waals surface area contributed by atoms with Crippen molar-refractivity contribution >= 4 is 34.8 Å². The van der Waals surface area contributed by atoms with Crippen LogP contribution in [0.3, 0.4) is 0 Å². The van der Waals surface area contributed by atoms with Crippen molar-refractivity contribution < 1.29 is 14.3 Å². The average molecular weight is 463 g/mol. The Bertz CT molecular complexity index is 1450. The third-order valence-corrected chi connectivity index (χ3v) is 5.68. The number of aryl methyl sites for hydroxylation is 2. The second-order valence-electron chi connectivity index (χ2n) is 7.08. The lowest BCUT2D eigenvalue weighted by Crippen LogP contribution is -2.11. The number of benzene rings is 2. The molecule has 11 heteroatoms. The van der Waals surface area contributed by atoms with Gasteiger partial charge in [-0.05, 0) is 55.3 Å². The van der Waals surface area contributed by atoms with Gasteiger partial charge in [-0.1, -0.05) is 6.07 Å². The van der Waals surface area contributed by atoms with Crippen LogP contribution in [0.15, 0.2) is 74.5 Å². The molecule has 0 saturated heterocycles. The highest BCUT2D eigenvalue weighted by molar-refractivity contribution is 7.07. The lowest BCUT2D eigenvalue weighted by molar-refractivity contribution is -0.402. The van der Waals surface area contributed by atoms with Gasteiger partial charge in [-0.2, -0.15) is 5.10 Å². The Morgan fingerprint density at radius 2 is 1.73 bits per heavy atom. The number of non-ortho nitro benzene ring substituents is 1. The summed E-state index contributed by atoms with van der Waals surface area (Å²) in [5, 5.41) is 28.1. The maximum atomic E-state index is 11.0. The Morgan fingerprint density at radius 1 is 0.970 bits per heavy atom. The first-order valence-electron chi connectivity index (χ1n) is 9.68. The van der Waals surface area contributed by atoms with E-state index in [0.717, 1.165) is 16.8 Å². The van der Waals surface area contributed by atoms with E-state index in [1.54, 1.807) is 16.8 Å². The normalized spacial score (nSPS) is 11.9. The molecule has 4 aromatic rings. The summed E-state index contributed by atoms with van der Waals surface area (Å²) in [5.74, 6) is -0.186. The Kier molecular flexibility index (Phi) is 5.96. The van der Waals surface area contributed by atoms with Gasteiger partial charge in [0.2, 0.25) is 4.80 Å². The van der Waals surface area contributed by atoms with Crippen molar-refractivity contribution in [3.8, 4) is 11.3 Å². The molecule has 4 rings (SSSR count). The fraction of sp³-hybridized carbons (Fsp3) is 0.0909. The zero-order valence-electron chi connectivity index (χ0n) is 17.5. The molecule has 0 radical (unpaired) electrons. The van der Waals surface area contributed by atoms with E-state index >= 15 is 0 Å². The van der Waals surface area contributed by atoms with Crippen LogP contribution in [0.2, 0.25) is 0 Å². The van der Waals surface area contributed by atoms with E-state index in [1.165, 1.54) is 41.8 Å². The predicted molar refractivity (Wildman–Crippen MR) is 124 cm³/mol. The van der Waals surface area contributed by atoms with Crippen LogP contribution in [0.5, 0.6) is 0 Å². The molecule has 0 N–H and O–H groups in total. The van der Waals surface area contributed by atoms with Gasteiger partial charge < -0.3 is 4.42 Å². The minimum absolute atomic E-state index is 0.0213. The van der Waals surface area contributed by atoms with Crippen LogP contribution in [0, 0.1) is 34.1 Å². The molecule has 166 valence electrons. The van der Waals surface area contributed by atoms with E-state index in [1.807, 2.05) is 37.4 Å². The number of nitro groups is 2. The van der Waals surface area contributed by atoms with Crippen LogP contribution >= 0.6 is 11.3 Å². The van der Waals surface area contributed by atoms with Gasteiger partial charge in [-0.25, -0.2) is 9.67 Å². The highest BCUT2D eigenvalue weighted by Crippen LogP contribution is 2.24. The standard InChI is InChI=1S/C22H17N5O5S/c1-14-3-6-17(11-15(14)2)24-22-25(23-12-19-9-10-21(32-19)27(30)31)20(13-33-22)16-4-7-18(8-5-16)26(28)29/h3-13H,1-2H3. The van der Waals surface area contributed by atoms with Crippen molar-refractivity contribution in [1.82, 2.24) is 4.68 Å². The van der Waals surface area contributed by atoms with Crippen molar-refractivity contribution in [1.29, 1.82) is 0 Å². The molecule has 2 heterocycles. The fourth-order valence-corrected chi connectivity index (χ4v) is 3.83. The van der Waals surface area contributed by atoms with Gasteiger partial charge in [-0.3, -0.25) is 20.2 Å². The van der Waals surface area contributed by atoms with Gasteiger partial charge in [0.1, 0.15) is 4.92 Å². The monoisotopic (exact) mass is 463 g/mol. The molecule has 2 aromatic carbocycles. The maximum absolute atomic E-state index is 11.0. The molecule has 0 aliphatic heterocycles. The summed E-state index contributed by atoms with van der Waals surface area (Å²) in [7, 11) is 0. The zero-order chi connectivity index (χ0) is 23.5. The van der Waals surface area contributed by atoms with E-state index in [0.29, 0.717) is 16.1 Å². The van der Waals surface area contributed by atoms with Crippen LogP contribution in [-0.4, -0.2) is 20.7 Å². The van der Waals surface area contributed by atoms with Gasteiger partial charge in [0.15, 0.2) is 5.76 Å². The first-order chi connectivity index (χ1) is 15.8. The second kappa shape index (κ2) is 9.01. The average Bonchev–Trinajstić information content (AvgIpc) is 3.42. The van der Waals surface area contributed by atoms with Crippen molar-refractivity contribution in [2.24, 2.45) is 10.1 Å². The van der Waals surface area contributed by atoms with Crippen molar-refractivity contribution in [3.05, 3.63) is 102 Å². The number of rotatable bonds is 6. The summed E-state index contributed by atoms with van der Waals surface area (Å²) in [5.41, 5.74) is 4.31. The van der Waals surface area contributed by atoms with Crippen molar-refractivity contribution in [2.45, 2.75) is 13.8 Å². The molecule has 0 spiro atoms. The van der Waals surface area contributed by atoms with Gasteiger partial charge in [0.05, 0.1) is 28.6 Å². The number of aromatic nitrogens is 1. The van der Waals surface area contributed by atoms with Crippen LogP contribution in [0.25, 0.3) is 11.3 Å². The molecular weight excluding hydrogens is 446 g/mol. The molecule has 0 fully saturated rings. The summed E-state index contributed by atoms with van der Waals surface area (Å²) in [6.07, 6.45) is 1.36. The van der Waals surface area contributed by atoms with Crippen molar-refractivity contribution in [3.63, 3.8) is 0 Å². The molecular formula is C22H17N5O5S. The third-order valence-electron chi connectivity index (χ3n) is 4.87. The molecule has 10 nitrogen and oxygen atoms in total. The minimum atomic E-state index is -0.627. The number of nitrogens with zero attached hydrogens (tertiary/aromatic N) is 5. The zero-order valence-corrected chi connectivity index (χ0v) is 18.4. The molecule has 0 bridgehead atoms. The van der Waals surface area contributed by atoms with Gasteiger partial charge in [-0.15, -0.1) is 11.3 Å². The lowest BCUT2D eigenvalue weighted by Gasteiger charge is -2.04. The highest BCUT2D eigenvalue weighted by atomic mass is 32.1. The summed E-state index contributed by atoms with van der Waals surface area (Å²) in [6.45, 7) is 4.02. The largest absolute Gasteiger partial charge is 0.433 e. The van der Waals surface area contributed by atoms with Gasteiger partial charge >= 0.3 is 5.88 Å². The molecule has 0 atom stereocenters. The highest BCUT2D eigenvalue weighted by Gasteiger charge is 2.13. The smallest absolute Gasteiger partial charge is 0.400 e. The topological polar surface area (TPSA) is 129 Å². The maximum Gasteiger partial charge on any atom is 0.433 e. The van der Waals surface area contributed by atoms with Gasteiger partial charge in [0, 0.05) is 23.1 Å². The molecule has 0 saturated carbocycles. The van der Waals surface area contributed by atoms with E-state index < -0.39 is 9.85 Å². The summed E-state index contributed by atoms with van der Waals surface area (Å²) < 4.78 is 6.72. The quantitative estimate of drug-likeness (QED) is 0.216. The van der Waals surface area contributed by atoms with Crippen LogP contribution in [-0.2, 0) is 0 Å². The molecule has 2 aromatic heterocycles. The third kappa shape index (κ3) is 4.77. The molecule has 0 amide bonds. The minimum Gasteiger partial charge on any atom is -0.400 e. The molecule has 0 aliphatic carbocycles. The van der Waals surface area contributed by atoms with E-state index in [2.05, 4.69) is 5.10 Å². The van der Waals surface area contributed by atoms with Crippen molar-refractivity contribution in [2.75, 3.05) is 0 Å². The fourth-order valence-electron chi connectivity index (χ4n) is 2.97. The number of hydrogen-bond acceptors (Lipinski definition) is 8. The van der Waals surface area contributed by atoms with E-state index in [-0.39, 0.29) is 17.3 Å². The Hall–Kier alpha value is -4.38. The number of thiazole rings is 1. The summed E-state index contributed by atoms with van der Waals surface area (Å²) >= 11 is 1.34. The van der Waals surface area contributed by atoms with Crippen LogP contribution in [0.1, 0.15) is 16.9 Å². The number of nitro benzene ring substituents is 1. The van der Waals surface area contributed by atoms with Crippen LogP contribution < -0.4 is 4.80 Å². The second-order valence-corrected chi connectivity index (χ2v) is 7.91. The van der Waals surface area contributed by atoms with E-state index in [4.69, 9.17) is 9.41 Å². The number of hydrogen-bond donors (Lipinski definition) is 0. The SMILES string of the molecule is Cc1ccc(N=c2scc(-c3ccc([N+](=O)[O-])cc3)n2N=Cc2ccc([N+](=O)[O-])o2)cc1C. The number of furan rings is 1. The summed E-state index contributed by atoms with van der Waals surface area (Å²) in [4.78, 5) is 26.0. The molecule has 0 aliphatic rings. The first kappa shape index (κ1) is 21.8. The van der Waals surface area contributed by atoms with E-state index in [9.17, 15) is 20.2 Å².